The second-order valence-electron chi connectivity index (χ2n) is 5.63. The van der Waals surface area contributed by atoms with Crippen LogP contribution < -0.4 is 5.32 Å². The normalized spacial score (nSPS) is 22.4. The van der Waals surface area contributed by atoms with Gasteiger partial charge in [0.2, 0.25) is 0 Å². The van der Waals surface area contributed by atoms with Gasteiger partial charge in [-0.05, 0) is 44.7 Å². The molecule has 0 aliphatic carbocycles. The molecule has 0 saturated carbocycles. The van der Waals surface area contributed by atoms with Crippen molar-refractivity contribution in [2.75, 3.05) is 26.3 Å². The Balaban J connectivity index is 2.09. The topological polar surface area (TPSA) is 41.5 Å². The van der Waals surface area contributed by atoms with Crippen LogP contribution in [0.1, 0.15) is 38.2 Å². The number of piperidine rings is 1. The molecule has 1 saturated heterocycles. The van der Waals surface area contributed by atoms with Gasteiger partial charge < -0.3 is 15.2 Å². The quantitative estimate of drug-likeness (QED) is 0.753. The predicted molar refractivity (Wildman–Crippen MR) is 81.7 cm³/mol. The van der Waals surface area contributed by atoms with Crippen LogP contribution >= 0.6 is 0 Å². The van der Waals surface area contributed by atoms with Crippen LogP contribution in [0.25, 0.3) is 0 Å². The fourth-order valence-corrected chi connectivity index (χ4v) is 3.16. The molecule has 112 valence electrons. The van der Waals surface area contributed by atoms with Crippen LogP contribution in [0.2, 0.25) is 0 Å². The average molecular weight is 277 g/mol. The van der Waals surface area contributed by atoms with E-state index in [2.05, 4.69) is 17.4 Å². The van der Waals surface area contributed by atoms with Crippen molar-refractivity contribution in [2.24, 2.45) is 5.92 Å². The van der Waals surface area contributed by atoms with Gasteiger partial charge >= 0.3 is 0 Å². The summed E-state index contributed by atoms with van der Waals surface area (Å²) in [5.74, 6) is 0.292. The minimum Gasteiger partial charge on any atom is -0.385 e. The molecule has 0 radical (unpaired) electrons. The van der Waals surface area contributed by atoms with Crippen molar-refractivity contribution >= 4 is 0 Å². The van der Waals surface area contributed by atoms with Gasteiger partial charge in [-0.3, -0.25) is 0 Å². The molecule has 20 heavy (non-hydrogen) atoms. The summed E-state index contributed by atoms with van der Waals surface area (Å²) >= 11 is 0. The minimum absolute atomic E-state index is 0.292. The molecule has 1 aliphatic rings. The Bertz CT molecular complexity index is 376. The maximum Gasteiger partial charge on any atom is 0.0937 e. The maximum atomic E-state index is 11.3. The highest BCUT2D eigenvalue weighted by atomic mass is 16.5. The molecule has 1 aromatic carbocycles. The molecule has 1 aromatic rings. The van der Waals surface area contributed by atoms with Gasteiger partial charge in [-0.15, -0.1) is 0 Å². The van der Waals surface area contributed by atoms with Crippen molar-refractivity contribution in [3.63, 3.8) is 0 Å². The Labute approximate surface area is 122 Å². The molecule has 2 N–H and O–H groups in total. The number of rotatable bonds is 7. The summed E-state index contributed by atoms with van der Waals surface area (Å²) in [6.07, 6.45) is 3.90. The lowest BCUT2D eigenvalue weighted by Crippen LogP contribution is -2.44. The van der Waals surface area contributed by atoms with E-state index in [-0.39, 0.29) is 0 Å². The molecule has 0 amide bonds. The van der Waals surface area contributed by atoms with Gasteiger partial charge in [0.05, 0.1) is 5.60 Å². The molecule has 3 nitrogen and oxygen atoms in total. The molecular weight excluding hydrogens is 250 g/mol. The molecule has 2 atom stereocenters. The number of hydrogen-bond donors (Lipinski definition) is 2. The molecule has 0 bridgehead atoms. The van der Waals surface area contributed by atoms with Crippen LogP contribution in [0.5, 0.6) is 0 Å². The largest absolute Gasteiger partial charge is 0.385 e. The SMILES string of the molecule is CCOCCCC(O)(c1ccccc1)C1CCCNC1. The van der Waals surface area contributed by atoms with Crippen molar-refractivity contribution < 1.29 is 9.84 Å². The zero-order valence-corrected chi connectivity index (χ0v) is 12.5. The number of nitrogens with one attached hydrogen (secondary N) is 1. The third-order valence-electron chi connectivity index (χ3n) is 4.30. The lowest BCUT2D eigenvalue weighted by atomic mass is 9.75. The van der Waals surface area contributed by atoms with Crippen LogP contribution in [0, 0.1) is 5.92 Å². The highest BCUT2D eigenvalue weighted by Crippen LogP contribution is 2.37. The van der Waals surface area contributed by atoms with Gasteiger partial charge in [0.1, 0.15) is 0 Å². The zero-order valence-electron chi connectivity index (χ0n) is 12.5. The van der Waals surface area contributed by atoms with E-state index < -0.39 is 5.60 Å². The lowest BCUT2D eigenvalue weighted by molar-refractivity contribution is -0.0468. The van der Waals surface area contributed by atoms with Gasteiger partial charge in [-0.25, -0.2) is 0 Å². The predicted octanol–water partition coefficient (Wildman–Crippen LogP) is 2.69. The minimum atomic E-state index is -0.730. The highest BCUT2D eigenvalue weighted by molar-refractivity contribution is 5.23. The van der Waals surface area contributed by atoms with E-state index >= 15 is 0 Å². The monoisotopic (exact) mass is 277 g/mol. The Morgan fingerprint density at radius 1 is 1.35 bits per heavy atom. The molecule has 3 heteroatoms. The first-order chi connectivity index (χ1) is 9.77. The summed E-state index contributed by atoms with van der Waals surface area (Å²) in [7, 11) is 0. The van der Waals surface area contributed by atoms with Crippen molar-refractivity contribution in [3.05, 3.63) is 35.9 Å². The zero-order chi connectivity index (χ0) is 14.3. The third kappa shape index (κ3) is 3.81. The summed E-state index contributed by atoms with van der Waals surface area (Å²) in [6, 6.07) is 10.1. The number of ether oxygens (including phenoxy) is 1. The molecule has 2 unspecified atom stereocenters. The first-order valence-corrected chi connectivity index (χ1v) is 7.83. The smallest absolute Gasteiger partial charge is 0.0937 e. The van der Waals surface area contributed by atoms with Crippen LogP contribution in [-0.2, 0) is 10.3 Å². The number of hydrogen-bond acceptors (Lipinski definition) is 3. The van der Waals surface area contributed by atoms with Crippen molar-refractivity contribution in [2.45, 2.75) is 38.2 Å². The van der Waals surface area contributed by atoms with Gasteiger partial charge in [-0.1, -0.05) is 30.3 Å². The van der Waals surface area contributed by atoms with Gasteiger partial charge in [-0.2, -0.15) is 0 Å². The van der Waals surface area contributed by atoms with E-state index in [1.807, 2.05) is 25.1 Å². The summed E-state index contributed by atoms with van der Waals surface area (Å²) in [5.41, 5.74) is 0.316. The Kier molecular flexibility index (Phi) is 6.02. The second kappa shape index (κ2) is 7.77. The molecule has 1 fully saturated rings. The van der Waals surface area contributed by atoms with E-state index in [1.165, 1.54) is 0 Å². The second-order valence-corrected chi connectivity index (χ2v) is 5.63. The standard InChI is InChI=1S/C17H27NO2/c1-2-20-13-7-11-17(19,15-8-4-3-5-9-15)16-10-6-12-18-14-16/h3-5,8-9,16,18-19H,2,6-7,10-14H2,1H3. The van der Waals surface area contributed by atoms with E-state index in [9.17, 15) is 5.11 Å². The summed E-state index contributed by atoms with van der Waals surface area (Å²) in [4.78, 5) is 0. The maximum absolute atomic E-state index is 11.3. The molecule has 1 aliphatic heterocycles. The van der Waals surface area contributed by atoms with Crippen LogP contribution in [0.15, 0.2) is 30.3 Å². The molecule has 0 aromatic heterocycles. The van der Waals surface area contributed by atoms with Gasteiger partial charge in [0.25, 0.3) is 0 Å². The lowest BCUT2D eigenvalue weighted by Gasteiger charge is -2.39. The van der Waals surface area contributed by atoms with E-state index in [0.29, 0.717) is 5.92 Å². The first-order valence-electron chi connectivity index (χ1n) is 7.83. The fourth-order valence-electron chi connectivity index (χ4n) is 3.16. The third-order valence-corrected chi connectivity index (χ3v) is 4.30. The van der Waals surface area contributed by atoms with Crippen molar-refractivity contribution in [3.8, 4) is 0 Å². The number of benzene rings is 1. The van der Waals surface area contributed by atoms with Crippen molar-refractivity contribution in [1.29, 1.82) is 0 Å². The molecule has 0 spiro atoms. The average Bonchev–Trinajstić information content (AvgIpc) is 2.53. The highest BCUT2D eigenvalue weighted by Gasteiger charge is 2.38. The van der Waals surface area contributed by atoms with Gasteiger partial charge in [0.15, 0.2) is 0 Å². The number of aliphatic hydroxyl groups is 1. The van der Waals surface area contributed by atoms with Crippen molar-refractivity contribution in [1.82, 2.24) is 5.32 Å². The van der Waals surface area contributed by atoms with E-state index in [1.54, 1.807) is 0 Å². The van der Waals surface area contributed by atoms with Gasteiger partial charge in [0, 0.05) is 25.7 Å². The summed E-state index contributed by atoms with van der Waals surface area (Å²) < 4.78 is 5.43. The fraction of sp³-hybridized carbons (Fsp3) is 0.647. The van der Waals surface area contributed by atoms with Crippen LogP contribution in [0.3, 0.4) is 0 Å². The van der Waals surface area contributed by atoms with Crippen LogP contribution in [-0.4, -0.2) is 31.4 Å². The van der Waals surface area contributed by atoms with E-state index in [4.69, 9.17) is 4.74 Å². The Morgan fingerprint density at radius 3 is 2.80 bits per heavy atom. The molecular formula is C17H27NO2. The van der Waals surface area contributed by atoms with Crippen LogP contribution in [0.4, 0.5) is 0 Å². The molecule has 2 rings (SSSR count). The first kappa shape index (κ1) is 15.5. The molecule has 1 heterocycles. The van der Waals surface area contributed by atoms with E-state index in [0.717, 1.165) is 57.6 Å². The Hall–Kier alpha value is -0.900. The Morgan fingerprint density at radius 2 is 2.15 bits per heavy atom. The summed E-state index contributed by atoms with van der Waals surface area (Å²) in [5, 5.41) is 14.7. The summed E-state index contributed by atoms with van der Waals surface area (Å²) in [6.45, 7) is 5.45.